The third-order valence-electron chi connectivity index (χ3n) is 3.43. The van der Waals surface area contributed by atoms with Gasteiger partial charge in [-0.15, -0.1) is 0 Å². The predicted octanol–water partition coefficient (Wildman–Crippen LogP) is 1.82. The number of ether oxygens (including phenoxy) is 1. The standard InChI is InChI=1S/C13H15ClN2O2/c14-9-3-4-12-11(6-9)16(13(17)8-18-12)7-10-2-1-5-15-10/h3-4,6,10,15H,1-2,5,7-8H2. The van der Waals surface area contributed by atoms with Crippen LogP contribution < -0.4 is 15.0 Å². The van der Waals surface area contributed by atoms with Gasteiger partial charge in [0.25, 0.3) is 5.91 Å². The maximum atomic E-state index is 12.0. The summed E-state index contributed by atoms with van der Waals surface area (Å²) in [6, 6.07) is 5.77. The molecule has 0 aliphatic carbocycles. The van der Waals surface area contributed by atoms with Gasteiger partial charge >= 0.3 is 0 Å². The van der Waals surface area contributed by atoms with E-state index in [1.165, 1.54) is 6.42 Å². The van der Waals surface area contributed by atoms with E-state index in [1.54, 1.807) is 17.0 Å². The van der Waals surface area contributed by atoms with Crippen molar-refractivity contribution in [2.75, 3.05) is 24.6 Å². The first-order valence-corrected chi connectivity index (χ1v) is 6.58. The molecule has 1 aromatic carbocycles. The summed E-state index contributed by atoms with van der Waals surface area (Å²) in [7, 11) is 0. The fourth-order valence-electron chi connectivity index (χ4n) is 2.51. The second kappa shape index (κ2) is 4.78. The lowest BCUT2D eigenvalue weighted by molar-refractivity contribution is -0.121. The molecule has 1 unspecified atom stereocenters. The van der Waals surface area contributed by atoms with Crippen molar-refractivity contribution in [2.24, 2.45) is 0 Å². The number of hydrogen-bond donors (Lipinski definition) is 1. The fraction of sp³-hybridized carbons (Fsp3) is 0.462. The Balaban J connectivity index is 1.88. The van der Waals surface area contributed by atoms with Crippen molar-refractivity contribution in [3.8, 4) is 5.75 Å². The summed E-state index contributed by atoms with van der Waals surface area (Å²) in [5.74, 6) is 0.732. The minimum absolute atomic E-state index is 0.00142. The molecular weight excluding hydrogens is 252 g/mol. The largest absolute Gasteiger partial charge is 0.482 e. The molecule has 96 valence electrons. The maximum Gasteiger partial charge on any atom is 0.265 e. The average Bonchev–Trinajstić information content (AvgIpc) is 2.86. The van der Waals surface area contributed by atoms with Gasteiger partial charge in [-0.05, 0) is 37.6 Å². The van der Waals surface area contributed by atoms with Gasteiger partial charge in [-0.25, -0.2) is 0 Å². The Bertz CT molecular complexity index is 472. The van der Waals surface area contributed by atoms with E-state index in [2.05, 4.69) is 5.32 Å². The quantitative estimate of drug-likeness (QED) is 0.888. The summed E-state index contributed by atoms with van der Waals surface area (Å²) in [6.07, 6.45) is 2.28. The molecule has 1 saturated heterocycles. The lowest BCUT2D eigenvalue weighted by Gasteiger charge is -2.31. The van der Waals surface area contributed by atoms with Crippen LogP contribution >= 0.6 is 11.6 Å². The number of hydrogen-bond acceptors (Lipinski definition) is 3. The van der Waals surface area contributed by atoms with Gasteiger partial charge < -0.3 is 15.0 Å². The van der Waals surface area contributed by atoms with Gasteiger partial charge in [0.1, 0.15) is 5.75 Å². The maximum absolute atomic E-state index is 12.0. The summed E-state index contributed by atoms with van der Waals surface area (Å²) >= 11 is 6.00. The van der Waals surface area contributed by atoms with E-state index in [4.69, 9.17) is 16.3 Å². The van der Waals surface area contributed by atoms with Crippen molar-refractivity contribution < 1.29 is 9.53 Å². The number of rotatable bonds is 2. The summed E-state index contributed by atoms with van der Waals surface area (Å²) in [6.45, 7) is 1.84. The molecule has 2 heterocycles. The molecule has 1 aromatic rings. The second-order valence-electron chi connectivity index (χ2n) is 4.70. The Morgan fingerprint density at radius 2 is 2.39 bits per heavy atom. The Morgan fingerprint density at radius 1 is 1.50 bits per heavy atom. The molecule has 3 rings (SSSR count). The Morgan fingerprint density at radius 3 is 3.17 bits per heavy atom. The molecule has 1 amide bonds. The van der Waals surface area contributed by atoms with Crippen LogP contribution in [0.3, 0.4) is 0 Å². The number of nitrogens with one attached hydrogen (secondary N) is 1. The Labute approximate surface area is 111 Å². The zero-order chi connectivity index (χ0) is 12.5. The molecule has 2 aliphatic rings. The second-order valence-corrected chi connectivity index (χ2v) is 5.13. The molecule has 5 heteroatoms. The van der Waals surface area contributed by atoms with Crippen LogP contribution in [-0.2, 0) is 4.79 Å². The van der Waals surface area contributed by atoms with Crippen LogP contribution in [0.1, 0.15) is 12.8 Å². The van der Waals surface area contributed by atoms with E-state index >= 15 is 0 Å². The highest BCUT2D eigenvalue weighted by Crippen LogP contribution is 2.34. The van der Waals surface area contributed by atoms with Gasteiger partial charge in [0, 0.05) is 17.6 Å². The molecule has 18 heavy (non-hydrogen) atoms. The highest BCUT2D eigenvalue weighted by molar-refractivity contribution is 6.31. The molecule has 0 saturated carbocycles. The third kappa shape index (κ3) is 2.18. The van der Waals surface area contributed by atoms with Crippen molar-refractivity contribution in [1.82, 2.24) is 5.32 Å². The molecule has 0 bridgehead atoms. The number of benzene rings is 1. The monoisotopic (exact) mass is 266 g/mol. The van der Waals surface area contributed by atoms with Gasteiger partial charge in [-0.1, -0.05) is 11.6 Å². The third-order valence-corrected chi connectivity index (χ3v) is 3.66. The van der Waals surface area contributed by atoms with Crippen molar-refractivity contribution in [3.63, 3.8) is 0 Å². The minimum atomic E-state index is -0.00142. The van der Waals surface area contributed by atoms with Crippen LogP contribution in [-0.4, -0.2) is 31.6 Å². The van der Waals surface area contributed by atoms with Crippen molar-refractivity contribution in [2.45, 2.75) is 18.9 Å². The summed E-state index contributed by atoms with van der Waals surface area (Å²) < 4.78 is 5.42. The molecule has 0 radical (unpaired) electrons. The Kier molecular flexibility index (Phi) is 3.14. The van der Waals surface area contributed by atoms with E-state index in [9.17, 15) is 4.79 Å². The number of anilines is 1. The molecule has 1 N–H and O–H groups in total. The van der Waals surface area contributed by atoms with Crippen LogP contribution in [0, 0.1) is 0 Å². The SMILES string of the molecule is O=C1COc2ccc(Cl)cc2N1CC1CCCN1. The lowest BCUT2D eigenvalue weighted by atomic mass is 10.1. The first-order valence-electron chi connectivity index (χ1n) is 6.20. The molecule has 4 nitrogen and oxygen atoms in total. The van der Waals surface area contributed by atoms with Gasteiger partial charge in [0.2, 0.25) is 0 Å². The van der Waals surface area contributed by atoms with Gasteiger partial charge in [0.05, 0.1) is 5.69 Å². The molecular formula is C13H15ClN2O2. The van der Waals surface area contributed by atoms with Crippen molar-refractivity contribution in [3.05, 3.63) is 23.2 Å². The highest BCUT2D eigenvalue weighted by Gasteiger charge is 2.28. The van der Waals surface area contributed by atoms with Gasteiger partial charge in [-0.2, -0.15) is 0 Å². The van der Waals surface area contributed by atoms with Gasteiger partial charge in [0.15, 0.2) is 6.61 Å². The molecule has 0 aromatic heterocycles. The molecule has 2 aliphatic heterocycles. The smallest absolute Gasteiger partial charge is 0.265 e. The number of halogens is 1. The zero-order valence-electron chi connectivity index (χ0n) is 9.99. The minimum Gasteiger partial charge on any atom is -0.482 e. The number of amides is 1. The van der Waals surface area contributed by atoms with E-state index in [0.29, 0.717) is 17.6 Å². The first-order chi connectivity index (χ1) is 8.74. The number of carbonyl (C=O) groups excluding carboxylic acids is 1. The summed E-state index contributed by atoms with van der Waals surface area (Å²) in [5.41, 5.74) is 0.785. The van der Waals surface area contributed by atoms with E-state index in [1.807, 2.05) is 6.07 Å². The molecule has 1 atom stereocenters. The van der Waals surface area contributed by atoms with Crippen LogP contribution in [0.4, 0.5) is 5.69 Å². The number of nitrogens with zero attached hydrogens (tertiary/aromatic N) is 1. The van der Waals surface area contributed by atoms with E-state index in [-0.39, 0.29) is 12.5 Å². The average molecular weight is 267 g/mol. The topological polar surface area (TPSA) is 41.6 Å². The normalized spacial score (nSPS) is 22.8. The van der Waals surface area contributed by atoms with Crippen LogP contribution in [0.15, 0.2) is 18.2 Å². The van der Waals surface area contributed by atoms with Gasteiger partial charge in [-0.3, -0.25) is 4.79 Å². The summed E-state index contributed by atoms with van der Waals surface area (Å²) in [5, 5.41) is 4.02. The van der Waals surface area contributed by atoms with Crippen LogP contribution in [0.2, 0.25) is 5.02 Å². The van der Waals surface area contributed by atoms with E-state index in [0.717, 1.165) is 24.4 Å². The fourth-order valence-corrected chi connectivity index (χ4v) is 2.67. The summed E-state index contributed by atoms with van der Waals surface area (Å²) in [4.78, 5) is 13.8. The van der Waals surface area contributed by atoms with Crippen LogP contribution in [0.5, 0.6) is 5.75 Å². The van der Waals surface area contributed by atoms with Crippen LogP contribution in [0.25, 0.3) is 0 Å². The van der Waals surface area contributed by atoms with E-state index < -0.39 is 0 Å². The Hall–Kier alpha value is -1.26. The van der Waals surface area contributed by atoms with Crippen molar-refractivity contribution >= 4 is 23.2 Å². The predicted molar refractivity (Wildman–Crippen MR) is 70.3 cm³/mol. The highest BCUT2D eigenvalue weighted by atomic mass is 35.5. The number of fused-ring (bicyclic) bond motifs is 1. The zero-order valence-corrected chi connectivity index (χ0v) is 10.7. The molecule has 0 spiro atoms. The van der Waals surface area contributed by atoms with Crippen molar-refractivity contribution in [1.29, 1.82) is 0 Å². The lowest BCUT2D eigenvalue weighted by Crippen LogP contribution is -2.45. The number of carbonyl (C=O) groups is 1. The molecule has 1 fully saturated rings. The first kappa shape index (κ1) is 11.8.